The Hall–Kier alpha value is -1.89. The van der Waals surface area contributed by atoms with E-state index in [0.717, 1.165) is 12.0 Å². The normalized spacial score (nSPS) is 12.6. The number of rotatable bonds is 2. The van der Waals surface area contributed by atoms with Crippen LogP contribution < -0.4 is 0 Å². The summed E-state index contributed by atoms with van der Waals surface area (Å²) in [5, 5.41) is 13.3. The molecule has 1 atom stereocenters. The van der Waals surface area contributed by atoms with Gasteiger partial charge < -0.3 is 0 Å². The lowest BCUT2D eigenvalue weighted by Gasteiger charge is -2.09. The Labute approximate surface area is 94.5 Å². The lowest BCUT2D eigenvalue weighted by Crippen LogP contribution is -1.98. The predicted molar refractivity (Wildman–Crippen MR) is 61.1 cm³/mol. The Kier molecular flexibility index (Phi) is 2.61. The third-order valence-corrected chi connectivity index (χ3v) is 2.86. The van der Waals surface area contributed by atoms with Gasteiger partial charge in [-0.25, -0.2) is 9.50 Å². The summed E-state index contributed by atoms with van der Waals surface area (Å²) in [5.74, 6) is 1.12. The standard InChI is InChI=1S/C12H14N4/c1-4-8(2)11-5-10(6-13)12-14-9(3)15-16(12)7-11/h5,7-8H,4H2,1-3H3. The number of aryl methyl sites for hydroxylation is 1. The second-order valence-electron chi connectivity index (χ2n) is 4.04. The van der Waals surface area contributed by atoms with E-state index in [1.165, 1.54) is 0 Å². The molecule has 0 amide bonds. The van der Waals surface area contributed by atoms with Crippen LogP contribution in [-0.2, 0) is 0 Å². The number of aromatic nitrogens is 3. The van der Waals surface area contributed by atoms with Gasteiger partial charge >= 0.3 is 0 Å². The molecule has 16 heavy (non-hydrogen) atoms. The first-order valence-electron chi connectivity index (χ1n) is 5.42. The molecule has 2 aromatic rings. The van der Waals surface area contributed by atoms with Gasteiger partial charge in [0.25, 0.3) is 0 Å². The summed E-state index contributed by atoms with van der Waals surface area (Å²) in [4.78, 5) is 4.24. The van der Waals surface area contributed by atoms with Crippen molar-refractivity contribution in [2.75, 3.05) is 0 Å². The highest BCUT2D eigenvalue weighted by atomic mass is 15.3. The van der Waals surface area contributed by atoms with E-state index >= 15 is 0 Å². The molecule has 0 fully saturated rings. The number of nitrogens with zero attached hydrogens (tertiary/aromatic N) is 4. The van der Waals surface area contributed by atoms with Crippen molar-refractivity contribution >= 4 is 5.65 Å². The number of nitriles is 1. The smallest absolute Gasteiger partial charge is 0.173 e. The van der Waals surface area contributed by atoms with Gasteiger partial charge in [-0.1, -0.05) is 13.8 Å². The van der Waals surface area contributed by atoms with Crippen LogP contribution in [0.1, 0.15) is 43.1 Å². The SMILES string of the molecule is CCC(C)c1cc(C#N)c2nc(C)nn2c1. The number of pyridine rings is 1. The Morgan fingerprint density at radius 1 is 1.56 bits per heavy atom. The first-order valence-corrected chi connectivity index (χ1v) is 5.42. The number of fused-ring (bicyclic) bond motifs is 1. The average molecular weight is 214 g/mol. The molecule has 0 aromatic carbocycles. The Bertz CT molecular complexity index is 562. The van der Waals surface area contributed by atoms with E-state index in [1.54, 1.807) is 4.52 Å². The molecule has 4 heteroatoms. The van der Waals surface area contributed by atoms with Crippen LogP contribution in [0.25, 0.3) is 5.65 Å². The van der Waals surface area contributed by atoms with Gasteiger partial charge in [-0.3, -0.25) is 0 Å². The Morgan fingerprint density at radius 3 is 2.94 bits per heavy atom. The van der Waals surface area contributed by atoms with Gasteiger partial charge in [0, 0.05) is 6.20 Å². The second kappa shape index (κ2) is 3.93. The zero-order chi connectivity index (χ0) is 11.7. The van der Waals surface area contributed by atoms with E-state index in [1.807, 2.05) is 19.2 Å². The number of hydrogen-bond acceptors (Lipinski definition) is 3. The lowest BCUT2D eigenvalue weighted by molar-refractivity contribution is 0.722. The molecular weight excluding hydrogens is 200 g/mol. The summed E-state index contributed by atoms with van der Waals surface area (Å²) in [5.41, 5.74) is 2.38. The Morgan fingerprint density at radius 2 is 2.31 bits per heavy atom. The molecule has 0 N–H and O–H groups in total. The van der Waals surface area contributed by atoms with Gasteiger partial charge in [-0.05, 0) is 30.9 Å². The minimum absolute atomic E-state index is 0.431. The van der Waals surface area contributed by atoms with E-state index in [9.17, 15) is 0 Å². The van der Waals surface area contributed by atoms with Crippen LogP contribution in [0, 0.1) is 18.3 Å². The van der Waals surface area contributed by atoms with Gasteiger partial charge in [0.2, 0.25) is 0 Å². The van der Waals surface area contributed by atoms with Crippen molar-refractivity contribution in [3.8, 4) is 6.07 Å². The van der Waals surface area contributed by atoms with Crippen molar-refractivity contribution in [1.29, 1.82) is 5.26 Å². The maximum atomic E-state index is 9.09. The molecule has 4 nitrogen and oxygen atoms in total. The van der Waals surface area contributed by atoms with Gasteiger partial charge in [-0.15, -0.1) is 0 Å². The molecule has 1 unspecified atom stereocenters. The first kappa shape index (κ1) is 10.6. The Balaban J connectivity index is 2.68. The van der Waals surface area contributed by atoms with E-state index in [4.69, 9.17) is 5.26 Å². The van der Waals surface area contributed by atoms with Gasteiger partial charge in [0.05, 0.1) is 5.56 Å². The van der Waals surface area contributed by atoms with Crippen LogP contribution in [0.2, 0.25) is 0 Å². The molecule has 2 rings (SSSR count). The quantitative estimate of drug-likeness (QED) is 0.771. The molecule has 0 aliphatic rings. The van der Waals surface area contributed by atoms with Gasteiger partial charge in [-0.2, -0.15) is 10.4 Å². The largest absolute Gasteiger partial charge is 0.219 e. The van der Waals surface area contributed by atoms with E-state index in [2.05, 4.69) is 30.0 Å². The number of hydrogen-bond donors (Lipinski definition) is 0. The van der Waals surface area contributed by atoms with Crippen LogP contribution >= 0.6 is 0 Å². The maximum absolute atomic E-state index is 9.09. The van der Waals surface area contributed by atoms with Crippen LogP contribution in [-0.4, -0.2) is 14.6 Å². The van der Waals surface area contributed by atoms with Crippen molar-refractivity contribution in [2.24, 2.45) is 0 Å². The molecule has 0 aliphatic carbocycles. The average Bonchev–Trinajstić information content (AvgIpc) is 2.66. The van der Waals surface area contributed by atoms with E-state index in [0.29, 0.717) is 23.0 Å². The van der Waals surface area contributed by atoms with Crippen LogP contribution in [0.15, 0.2) is 12.3 Å². The van der Waals surface area contributed by atoms with Gasteiger partial charge in [0.1, 0.15) is 11.9 Å². The summed E-state index contributed by atoms with van der Waals surface area (Å²) >= 11 is 0. The predicted octanol–water partition coefficient (Wildman–Crippen LogP) is 2.42. The monoisotopic (exact) mass is 214 g/mol. The summed E-state index contributed by atoms with van der Waals surface area (Å²) in [6, 6.07) is 4.09. The summed E-state index contributed by atoms with van der Waals surface area (Å²) < 4.78 is 1.70. The second-order valence-corrected chi connectivity index (χ2v) is 4.04. The molecule has 0 bridgehead atoms. The van der Waals surface area contributed by atoms with Gasteiger partial charge in [0.15, 0.2) is 5.65 Å². The topological polar surface area (TPSA) is 54.0 Å². The van der Waals surface area contributed by atoms with Crippen molar-refractivity contribution < 1.29 is 0 Å². The minimum Gasteiger partial charge on any atom is -0.219 e. The highest BCUT2D eigenvalue weighted by Crippen LogP contribution is 2.21. The van der Waals surface area contributed by atoms with Crippen LogP contribution in [0.5, 0.6) is 0 Å². The van der Waals surface area contributed by atoms with E-state index < -0.39 is 0 Å². The molecule has 0 aliphatic heterocycles. The summed E-state index contributed by atoms with van der Waals surface area (Å²) in [6.07, 6.45) is 3.01. The molecule has 0 spiro atoms. The fourth-order valence-corrected chi connectivity index (χ4v) is 1.70. The highest BCUT2D eigenvalue weighted by molar-refractivity contribution is 5.55. The molecule has 82 valence electrons. The zero-order valence-corrected chi connectivity index (χ0v) is 9.73. The fourth-order valence-electron chi connectivity index (χ4n) is 1.70. The molecule has 0 saturated heterocycles. The zero-order valence-electron chi connectivity index (χ0n) is 9.73. The molecule has 2 aromatic heterocycles. The van der Waals surface area contributed by atoms with E-state index in [-0.39, 0.29) is 0 Å². The van der Waals surface area contributed by atoms with Crippen molar-refractivity contribution in [2.45, 2.75) is 33.1 Å². The van der Waals surface area contributed by atoms with Crippen LogP contribution in [0.4, 0.5) is 0 Å². The van der Waals surface area contributed by atoms with Crippen molar-refractivity contribution in [3.05, 3.63) is 29.2 Å². The fraction of sp³-hybridized carbons (Fsp3) is 0.417. The summed E-state index contributed by atoms with van der Waals surface area (Å²) in [6.45, 7) is 6.11. The highest BCUT2D eigenvalue weighted by Gasteiger charge is 2.11. The molecular formula is C12H14N4. The molecule has 0 radical (unpaired) electrons. The first-order chi connectivity index (χ1) is 7.65. The third-order valence-electron chi connectivity index (χ3n) is 2.86. The lowest BCUT2D eigenvalue weighted by atomic mass is 9.99. The molecule has 0 saturated carbocycles. The van der Waals surface area contributed by atoms with Crippen molar-refractivity contribution in [3.63, 3.8) is 0 Å². The maximum Gasteiger partial charge on any atom is 0.173 e. The molecule has 2 heterocycles. The van der Waals surface area contributed by atoms with Crippen LogP contribution in [0.3, 0.4) is 0 Å². The minimum atomic E-state index is 0.431. The third kappa shape index (κ3) is 1.65. The van der Waals surface area contributed by atoms with Crippen molar-refractivity contribution in [1.82, 2.24) is 14.6 Å². The summed E-state index contributed by atoms with van der Waals surface area (Å²) in [7, 11) is 0.